The fraction of sp³-hybridized carbons (Fsp3) is 0.267. The van der Waals surface area contributed by atoms with Crippen molar-refractivity contribution in [2.75, 3.05) is 5.32 Å². The number of amides is 1. The van der Waals surface area contributed by atoms with Gasteiger partial charge in [-0.1, -0.05) is 12.1 Å². The van der Waals surface area contributed by atoms with Gasteiger partial charge >= 0.3 is 5.69 Å². The van der Waals surface area contributed by atoms with Gasteiger partial charge in [0.2, 0.25) is 5.91 Å². The lowest BCUT2D eigenvalue weighted by Gasteiger charge is -2.10. The van der Waals surface area contributed by atoms with Crippen LogP contribution in [-0.4, -0.2) is 15.5 Å². The number of hydrogen-bond acceptors (Lipinski definition) is 3. The first-order chi connectivity index (χ1) is 9.97. The number of anilines is 1. The van der Waals surface area contributed by atoms with Gasteiger partial charge in [-0.25, -0.2) is 4.79 Å². The molecule has 1 aromatic heterocycles. The molecule has 1 aromatic carbocycles. The van der Waals surface area contributed by atoms with Crippen molar-refractivity contribution >= 4 is 11.6 Å². The number of H-pyrrole nitrogens is 1. The van der Waals surface area contributed by atoms with Crippen LogP contribution in [0.3, 0.4) is 0 Å². The molecule has 1 amide bonds. The van der Waals surface area contributed by atoms with Gasteiger partial charge in [0.05, 0.1) is 0 Å². The molecule has 2 aromatic rings. The van der Waals surface area contributed by atoms with Gasteiger partial charge in [0.15, 0.2) is 0 Å². The zero-order chi connectivity index (χ0) is 15.4. The predicted octanol–water partition coefficient (Wildman–Crippen LogP) is 1.18. The van der Waals surface area contributed by atoms with Crippen molar-refractivity contribution < 1.29 is 4.79 Å². The highest BCUT2D eigenvalue weighted by Gasteiger charge is 2.07. The van der Waals surface area contributed by atoms with Crippen LogP contribution in [0.2, 0.25) is 0 Å². The largest absolute Gasteiger partial charge is 0.328 e. The molecule has 2 N–H and O–H groups in total. The summed E-state index contributed by atoms with van der Waals surface area (Å²) in [6, 6.07) is 6.95. The average molecular weight is 287 g/mol. The normalized spacial score (nSPS) is 10.4. The Balaban J connectivity index is 2.01. The van der Waals surface area contributed by atoms with Crippen LogP contribution in [-0.2, 0) is 11.3 Å². The number of nitrogens with one attached hydrogen (secondary N) is 2. The molecule has 6 nitrogen and oxygen atoms in total. The third-order valence-corrected chi connectivity index (χ3v) is 3.36. The van der Waals surface area contributed by atoms with Crippen molar-refractivity contribution in [3.8, 4) is 0 Å². The molecule has 0 aliphatic rings. The first-order valence-electron chi connectivity index (χ1n) is 6.63. The van der Waals surface area contributed by atoms with E-state index in [-0.39, 0.29) is 18.9 Å². The molecule has 0 radical (unpaired) electrons. The molecule has 0 bridgehead atoms. The summed E-state index contributed by atoms with van der Waals surface area (Å²) in [4.78, 5) is 36.5. The number of nitrogens with zero attached hydrogens (tertiary/aromatic N) is 1. The number of hydrogen-bond donors (Lipinski definition) is 2. The van der Waals surface area contributed by atoms with E-state index < -0.39 is 11.2 Å². The Bertz CT molecular complexity index is 774. The van der Waals surface area contributed by atoms with Crippen LogP contribution in [0, 0.1) is 13.8 Å². The lowest BCUT2D eigenvalue weighted by atomic mass is 10.1. The van der Waals surface area contributed by atoms with E-state index in [1.807, 2.05) is 32.0 Å². The molecule has 0 unspecified atom stereocenters. The highest BCUT2D eigenvalue weighted by molar-refractivity contribution is 5.91. The second-order valence-electron chi connectivity index (χ2n) is 4.85. The molecule has 0 saturated carbocycles. The number of carbonyl (C=O) groups is 1. The molecule has 110 valence electrons. The molecule has 0 saturated heterocycles. The van der Waals surface area contributed by atoms with E-state index in [4.69, 9.17) is 0 Å². The van der Waals surface area contributed by atoms with Crippen LogP contribution < -0.4 is 16.6 Å². The molecule has 21 heavy (non-hydrogen) atoms. The SMILES string of the molecule is Cc1cccc(NC(=O)CCn2ccc(=O)[nH]c2=O)c1C. The summed E-state index contributed by atoms with van der Waals surface area (Å²) >= 11 is 0. The van der Waals surface area contributed by atoms with Crippen LogP contribution in [0.5, 0.6) is 0 Å². The van der Waals surface area contributed by atoms with Crippen LogP contribution in [0.25, 0.3) is 0 Å². The van der Waals surface area contributed by atoms with E-state index in [0.29, 0.717) is 0 Å². The minimum absolute atomic E-state index is 0.152. The second-order valence-corrected chi connectivity index (χ2v) is 4.85. The maximum Gasteiger partial charge on any atom is 0.328 e. The summed E-state index contributed by atoms with van der Waals surface area (Å²) < 4.78 is 1.30. The molecule has 0 aliphatic heterocycles. The van der Waals surface area contributed by atoms with Crippen LogP contribution in [0.4, 0.5) is 5.69 Å². The number of aromatic nitrogens is 2. The molecule has 0 spiro atoms. The highest BCUT2D eigenvalue weighted by atomic mass is 16.2. The average Bonchev–Trinajstić information content (AvgIpc) is 2.43. The minimum atomic E-state index is -0.512. The highest BCUT2D eigenvalue weighted by Crippen LogP contribution is 2.17. The number of rotatable bonds is 4. The van der Waals surface area contributed by atoms with Gasteiger partial charge < -0.3 is 9.88 Å². The Kier molecular flexibility index (Phi) is 4.37. The topological polar surface area (TPSA) is 84.0 Å². The molecule has 2 rings (SSSR count). The lowest BCUT2D eigenvalue weighted by molar-refractivity contribution is -0.116. The fourth-order valence-electron chi connectivity index (χ4n) is 1.94. The van der Waals surface area contributed by atoms with E-state index in [0.717, 1.165) is 16.8 Å². The Labute approximate surface area is 121 Å². The van der Waals surface area contributed by atoms with Gasteiger partial charge in [0.1, 0.15) is 0 Å². The summed E-state index contributed by atoms with van der Waals surface area (Å²) in [5.41, 5.74) is 1.93. The molecule has 0 fully saturated rings. The first-order valence-corrected chi connectivity index (χ1v) is 6.63. The Morgan fingerprint density at radius 3 is 2.71 bits per heavy atom. The molecule has 1 heterocycles. The quantitative estimate of drug-likeness (QED) is 0.885. The zero-order valence-corrected chi connectivity index (χ0v) is 12.0. The van der Waals surface area contributed by atoms with Gasteiger partial charge in [0, 0.05) is 30.9 Å². The standard InChI is InChI=1S/C15H17N3O3/c1-10-4-3-5-12(11(10)2)16-13(19)6-8-18-9-7-14(20)17-15(18)21/h3-5,7,9H,6,8H2,1-2H3,(H,16,19)(H,17,20,21). The van der Waals surface area contributed by atoms with Gasteiger partial charge in [-0.2, -0.15) is 0 Å². The van der Waals surface area contributed by atoms with Crippen molar-refractivity contribution in [1.82, 2.24) is 9.55 Å². The lowest BCUT2D eigenvalue weighted by Crippen LogP contribution is -2.29. The van der Waals surface area contributed by atoms with Gasteiger partial charge in [0.25, 0.3) is 5.56 Å². The number of carbonyl (C=O) groups excluding carboxylic acids is 1. The summed E-state index contributed by atoms with van der Waals surface area (Å²) in [7, 11) is 0. The predicted molar refractivity (Wildman–Crippen MR) is 80.5 cm³/mol. The minimum Gasteiger partial charge on any atom is -0.326 e. The smallest absolute Gasteiger partial charge is 0.326 e. The molecular formula is C15H17N3O3. The summed E-state index contributed by atoms with van der Waals surface area (Å²) in [6.07, 6.45) is 1.53. The van der Waals surface area contributed by atoms with Gasteiger partial charge in [-0.05, 0) is 31.0 Å². The monoisotopic (exact) mass is 287 g/mol. The van der Waals surface area contributed by atoms with Crippen LogP contribution >= 0.6 is 0 Å². The molecule has 0 aliphatic carbocycles. The summed E-state index contributed by atoms with van der Waals surface area (Å²) in [5.74, 6) is -0.179. The second kappa shape index (κ2) is 6.21. The molecule has 6 heteroatoms. The Hall–Kier alpha value is -2.63. The van der Waals surface area contributed by atoms with E-state index in [2.05, 4.69) is 10.3 Å². The van der Waals surface area contributed by atoms with Crippen molar-refractivity contribution in [3.63, 3.8) is 0 Å². The first kappa shape index (κ1) is 14.8. The van der Waals surface area contributed by atoms with Crippen LogP contribution in [0.1, 0.15) is 17.5 Å². The Morgan fingerprint density at radius 1 is 1.24 bits per heavy atom. The number of benzene rings is 1. The maximum absolute atomic E-state index is 11.9. The summed E-state index contributed by atoms with van der Waals surface area (Å²) in [5, 5.41) is 2.83. The van der Waals surface area contributed by atoms with Gasteiger partial charge in [-0.15, -0.1) is 0 Å². The van der Waals surface area contributed by atoms with E-state index in [1.54, 1.807) is 0 Å². The van der Waals surface area contributed by atoms with Crippen molar-refractivity contribution in [2.24, 2.45) is 0 Å². The van der Waals surface area contributed by atoms with E-state index in [1.165, 1.54) is 16.8 Å². The summed E-state index contributed by atoms with van der Waals surface area (Å²) in [6.45, 7) is 4.13. The zero-order valence-electron chi connectivity index (χ0n) is 12.0. The van der Waals surface area contributed by atoms with Crippen LogP contribution in [0.15, 0.2) is 40.1 Å². The third kappa shape index (κ3) is 3.68. The van der Waals surface area contributed by atoms with E-state index >= 15 is 0 Å². The number of aryl methyl sites for hydroxylation is 2. The third-order valence-electron chi connectivity index (χ3n) is 3.36. The molecular weight excluding hydrogens is 270 g/mol. The Morgan fingerprint density at radius 2 is 2.00 bits per heavy atom. The van der Waals surface area contributed by atoms with Gasteiger partial charge in [-0.3, -0.25) is 14.6 Å². The van der Waals surface area contributed by atoms with Crippen molar-refractivity contribution in [3.05, 3.63) is 62.4 Å². The number of aromatic amines is 1. The van der Waals surface area contributed by atoms with Crippen molar-refractivity contribution in [1.29, 1.82) is 0 Å². The fourth-order valence-corrected chi connectivity index (χ4v) is 1.94. The molecule has 0 atom stereocenters. The maximum atomic E-state index is 11.9. The van der Waals surface area contributed by atoms with Crippen molar-refractivity contribution in [2.45, 2.75) is 26.8 Å². The van der Waals surface area contributed by atoms with E-state index in [9.17, 15) is 14.4 Å².